The average molecular weight is 406 g/mol. The van der Waals surface area contributed by atoms with Gasteiger partial charge in [0, 0.05) is 18.8 Å². The highest BCUT2D eigenvalue weighted by Crippen LogP contribution is 2.18. The fraction of sp³-hybridized carbons (Fsp3) is 0.444. The van der Waals surface area contributed by atoms with Crippen LogP contribution in [0.1, 0.15) is 23.2 Å². The van der Waals surface area contributed by atoms with Gasteiger partial charge in [0.05, 0.1) is 37.7 Å². The first-order valence-electron chi connectivity index (χ1n) is 8.96. The first-order chi connectivity index (χ1) is 13.6. The Balaban J connectivity index is 1.43. The third-order valence-electron chi connectivity index (χ3n) is 3.92. The predicted molar refractivity (Wildman–Crippen MR) is 102 cm³/mol. The largest absolute Gasteiger partial charge is 0.462 e. The Labute approximate surface area is 166 Å². The van der Waals surface area contributed by atoms with Gasteiger partial charge in [-0.3, -0.25) is 9.69 Å². The van der Waals surface area contributed by atoms with E-state index in [9.17, 15) is 9.59 Å². The lowest BCUT2D eigenvalue weighted by Crippen LogP contribution is -2.35. The van der Waals surface area contributed by atoms with Gasteiger partial charge in [0.25, 0.3) is 5.22 Å². The van der Waals surface area contributed by atoms with E-state index in [2.05, 4.69) is 20.4 Å². The lowest BCUT2D eigenvalue weighted by molar-refractivity contribution is -0.113. The van der Waals surface area contributed by atoms with E-state index in [1.54, 1.807) is 31.2 Å². The van der Waals surface area contributed by atoms with Crippen molar-refractivity contribution < 1.29 is 23.5 Å². The number of nitrogens with zero attached hydrogens (tertiary/aromatic N) is 3. The minimum Gasteiger partial charge on any atom is -0.462 e. The van der Waals surface area contributed by atoms with Gasteiger partial charge >= 0.3 is 5.97 Å². The fourth-order valence-corrected chi connectivity index (χ4v) is 3.12. The molecule has 3 rings (SSSR count). The lowest BCUT2D eigenvalue weighted by Gasteiger charge is -2.24. The third-order valence-corrected chi connectivity index (χ3v) is 4.74. The molecule has 1 aliphatic heterocycles. The number of carbonyl (C=O) groups is 2. The van der Waals surface area contributed by atoms with Crippen molar-refractivity contribution in [2.75, 3.05) is 44.0 Å². The van der Waals surface area contributed by atoms with E-state index >= 15 is 0 Å². The lowest BCUT2D eigenvalue weighted by atomic mass is 10.2. The summed E-state index contributed by atoms with van der Waals surface area (Å²) in [6.45, 7) is 5.73. The van der Waals surface area contributed by atoms with Gasteiger partial charge in [0.2, 0.25) is 11.8 Å². The van der Waals surface area contributed by atoms with E-state index in [0.29, 0.717) is 48.7 Å². The number of amides is 1. The Hall–Kier alpha value is -2.43. The van der Waals surface area contributed by atoms with Crippen molar-refractivity contribution in [2.24, 2.45) is 0 Å². The van der Waals surface area contributed by atoms with Crippen LogP contribution in [0.5, 0.6) is 0 Å². The standard InChI is InChI=1S/C18H22N4O5S/c1-2-26-17(24)13-3-5-14(6-4-13)19-15(23)12-28-18-21-20-16(27-18)11-22-7-9-25-10-8-22/h3-6H,2,7-12H2,1H3,(H,19,23). The summed E-state index contributed by atoms with van der Waals surface area (Å²) in [5.41, 5.74) is 1.03. The highest BCUT2D eigenvalue weighted by molar-refractivity contribution is 7.99. The number of rotatable bonds is 8. The maximum absolute atomic E-state index is 12.1. The van der Waals surface area contributed by atoms with Gasteiger partial charge < -0.3 is 19.2 Å². The molecule has 0 atom stereocenters. The molecule has 0 unspecified atom stereocenters. The van der Waals surface area contributed by atoms with Crippen molar-refractivity contribution in [3.05, 3.63) is 35.7 Å². The first-order valence-corrected chi connectivity index (χ1v) is 9.95. The van der Waals surface area contributed by atoms with Crippen molar-refractivity contribution in [3.8, 4) is 0 Å². The number of thioether (sulfide) groups is 1. The minimum atomic E-state index is -0.389. The molecule has 1 aliphatic rings. The van der Waals surface area contributed by atoms with Gasteiger partial charge in [-0.25, -0.2) is 4.79 Å². The monoisotopic (exact) mass is 406 g/mol. The molecule has 150 valence electrons. The molecular weight excluding hydrogens is 384 g/mol. The number of aromatic nitrogens is 2. The zero-order valence-electron chi connectivity index (χ0n) is 15.6. The highest BCUT2D eigenvalue weighted by Gasteiger charge is 2.15. The number of carbonyl (C=O) groups excluding carboxylic acids is 2. The summed E-state index contributed by atoms with van der Waals surface area (Å²) in [5, 5.41) is 11.1. The Morgan fingerprint density at radius 1 is 1.21 bits per heavy atom. The van der Waals surface area contributed by atoms with Gasteiger partial charge in [0.1, 0.15) is 0 Å². The third kappa shape index (κ3) is 6.04. The number of benzene rings is 1. The molecule has 2 aromatic rings. The summed E-state index contributed by atoms with van der Waals surface area (Å²) >= 11 is 1.18. The van der Waals surface area contributed by atoms with Crippen LogP contribution in [0.25, 0.3) is 0 Å². The molecule has 1 aromatic carbocycles. The van der Waals surface area contributed by atoms with Crippen molar-refractivity contribution in [1.29, 1.82) is 0 Å². The Kier molecular flexibility index (Phi) is 7.40. The quantitative estimate of drug-likeness (QED) is 0.519. The molecule has 9 nitrogen and oxygen atoms in total. The normalized spacial score (nSPS) is 14.6. The van der Waals surface area contributed by atoms with E-state index in [-0.39, 0.29) is 17.6 Å². The van der Waals surface area contributed by atoms with Crippen LogP contribution >= 0.6 is 11.8 Å². The molecule has 1 N–H and O–H groups in total. The number of ether oxygens (including phenoxy) is 2. The van der Waals surface area contributed by atoms with E-state index in [1.807, 2.05) is 0 Å². The van der Waals surface area contributed by atoms with Crippen LogP contribution in [0.15, 0.2) is 33.9 Å². The van der Waals surface area contributed by atoms with Crippen LogP contribution in [-0.2, 0) is 20.8 Å². The average Bonchev–Trinajstić information content (AvgIpc) is 3.15. The maximum Gasteiger partial charge on any atom is 0.338 e. The number of morpholine rings is 1. The second-order valence-electron chi connectivity index (χ2n) is 5.98. The Bertz CT molecular complexity index is 790. The smallest absolute Gasteiger partial charge is 0.338 e. The molecule has 1 amide bonds. The second-order valence-corrected chi connectivity index (χ2v) is 6.91. The second kappa shape index (κ2) is 10.2. The van der Waals surface area contributed by atoms with Crippen molar-refractivity contribution in [2.45, 2.75) is 18.7 Å². The highest BCUT2D eigenvalue weighted by atomic mass is 32.2. The van der Waals surface area contributed by atoms with Crippen molar-refractivity contribution in [3.63, 3.8) is 0 Å². The van der Waals surface area contributed by atoms with Crippen molar-refractivity contribution in [1.82, 2.24) is 15.1 Å². The molecule has 0 spiro atoms. The molecule has 0 saturated carbocycles. The molecule has 0 aliphatic carbocycles. The Morgan fingerprint density at radius 2 is 1.96 bits per heavy atom. The van der Waals surface area contributed by atoms with Gasteiger partial charge in [-0.2, -0.15) is 0 Å². The summed E-state index contributed by atoms with van der Waals surface area (Å²) in [7, 11) is 0. The minimum absolute atomic E-state index is 0.138. The summed E-state index contributed by atoms with van der Waals surface area (Å²) < 4.78 is 15.8. The fourth-order valence-electron chi connectivity index (χ4n) is 2.54. The molecular formula is C18H22N4O5S. The van der Waals surface area contributed by atoms with Gasteiger partial charge in [-0.05, 0) is 31.2 Å². The van der Waals surface area contributed by atoms with Gasteiger partial charge in [-0.15, -0.1) is 10.2 Å². The SMILES string of the molecule is CCOC(=O)c1ccc(NC(=O)CSc2nnc(CN3CCOCC3)o2)cc1. The number of esters is 1. The summed E-state index contributed by atoms with van der Waals surface area (Å²) in [5.74, 6) is 0.0696. The van der Waals surface area contributed by atoms with Gasteiger partial charge in [0.15, 0.2) is 0 Å². The molecule has 1 fully saturated rings. The van der Waals surface area contributed by atoms with E-state index in [0.717, 1.165) is 13.1 Å². The van der Waals surface area contributed by atoms with Crippen LogP contribution < -0.4 is 5.32 Å². The number of anilines is 1. The molecule has 10 heteroatoms. The summed E-state index contributed by atoms with van der Waals surface area (Å²) in [4.78, 5) is 25.9. The number of nitrogens with one attached hydrogen (secondary N) is 1. The van der Waals surface area contributed by atoms with Crippen LogP contribution in [0.4, 0.5) is 5.69 Å². The van der Waals surface area contributed by atoms with Crippen molar-refractivity contribution >= 4 is 29.3 Å². The van der Waals surface area contributed by atoms with Crippen LogP contribution in [0.2, 0.25) is 0 Å². The molecule has 0 radical (unpaired) electrons. The summed E-state index contributed by atoms with van der Waals surface area (Å²) in [6.07, 6.45) is 0. The van der Waals surface area contributed by atoms with E-state index in [4.69, 9.17) is 13.9 Å². The van der Waals surface area contributed by atoms with E-state index < -0.39 is 0 Å². The Morgan fingerprint density at radius 3 is 2.68 bits per heavy atom. The van der Waals surface area contributed by atoms with Crippen LogP contribution in [0.3, 0.4) is 0 Å². The van der Waals surface area contributed by atoms with Gasteiger partial charge in [-0.1, -0.05) is 11.8 Å². The maximum atomic E-state index is 12.1. The van der Waals surface area contributed by atoms with Crippen LogP contribution in [-0.4, -0.2) is 65.6 Å². The molecule has 1 saturated heterocycles. The molecule has 1 aromatic heterocycles. The molecule has 0 bridgehead atoms. The molecule has 28 heavy (non-hydrogen) atoms. The topological polar surface area (TPSA) is 107 Å². The zero-order valence-corrected chi connectivity index (χ0v) is 16.4. The number of hydrogen-bond donors (Lipinski definition) is 1. The number of hydrogen-bond acceptors (Lipinski definition) is 9. The first kappa shape index (κ1) is 20.3. The predicted octanol–water partition coefficient (Wildman–Crippen LogP) is 1.81. The van der Waals surface area contributed by atoms with Crippen LogP contribution in [0, 0.1) is 0 Å². The zero-order chi connectivity index (χ0) is 19.8. The molecule has 2 heterocycles. The van der Waals surface area contributed by atoms with E-state index in [1.165, 1.54) is 11.8 Å². The summed E-state index contributed by atoms with van der Waals surface area (Å²) in [6, 6.07) is 6.53.